The van der Waals surface area contributed by atoms with Crippen LogP contribution in [0.1, 0.15) is 0 Å². The number of ether oxygens (including phenoxy) is 1. The largest absolute Gasteiger partial charge is 0.383 e. The monoisotopic (exact) mass is 277 g/mol. The fourth-order valence-electron chi connectivity index (χ4n) is 1.83. The van der Waals surface area contributed by atoms with E-state index in [0.717, 1.165) is 4.57 Å². The van der Waals surface area contributed by atoms with Crippen LogP contribution in [0.5, 0.6) is 0 Å². The third-order valence-electron chi connectivity index (χ3n) is 2.82. The summed E-state index contributed by atoms with van der Waals surface area (Å²) in [6.45, 7) is 0.382. The molecule has 0 bridgehead atoms. The molecular weight excluding hydrogens is 262 g/mol. The van der Waals surface area contributed by atoms with E-state index in [-0.39, 0.29) is 6.54 Å². The molecule has 2 aromatic rings. The highest BCUT2D eigenvalue weighted by Crippen LogP contribution is 2.02. The summed E-state index contributed by atoms with van der Waals surface area (Å²) in [5, 5.41) is 2.93. The standard InChI is InChI=1S/C13H15N3O4/c1-20-7-6-14-11(17)8-16-12(18)9-4-2-3-5-10(9)15-13(16)19/h2-5H,6-8H2,1H3,(H,14,17)(H,15,19). The molecule has 2 N–H and O–H groups in total. The van der Waals surface area contributed by atoms with Crippen LogP contribution in [0.4, 0.5) is 0 Å². The zero-order valence-electron chi connectivity index (χ0n) is 11.0. The fourth-order valence-corrected chi connectivity index (χ4v) is 1.83. The smallest absolute Gasteiger partial charge is 0.329 e. The second-order valence-electron chi connectivity index (χ2n) is 4.21. The summed E-state index contributed by atoms with van der Waals surface area (Å²) in [4.78, 5) is 38.2. The molecule has 0 aliphatic rings. The van der Waals surface area contributed by atoms with Gasteiger partial charge < -0.3 is 15.0 Å². The highest BCUT2D eigenvalue weighted by atomic mass is 16.5. The number of nitrogens with zero attached hydrogens (tertiary/aromatic N) is 1. The first-order valence-electron chi connectivity index (χ1n) is 6.11. The summed E-state index contributed by atoms with van der Waals surface area (Å²) in [7, 11) is 1.52. The maximum absolute atomic E-state index is 12.2. The Morgan fingerprint density at radius 2 is 2.10 bits per heavy atom. The molecule has 2 rings (SSSR count). The van der Waals surface area contributed by atoms with Crippen LogP contribution in [0.3, 0.4) is 0 Å². The number of hydrogen-bond donors (Lipinski definition) is 2. The lowest BCUT2D eigenvalue weighted by atomic mass is 10.2. The molecule has 0 aliphatic carbocycles. The zero-order valence-corrected chi connectivity index (χ0v) is 11.0. The molecule has 106 valence electrons. The number of methoxy groups -OCH3 is 1. The Balaban J connectivity index is 2.28. The molecule has 0 spiro atoms. The molecule has 7 heteroatoms. The Kier molecular flexibility index (Phi) is 4.31. The van der Waals surface area contributed by atoms with Crippen LogP contribution in [0, 0.1) is 0 Å². The van der Waals surface area contributed by atoms with E-state index in [0.29, 0.717) is 24.1 Å². The van der Waals surface area contributed by atoms with E-state index in [1.807, 2.05) is 0 Å². The summed E-state index contributed by atoms with van der Waals surface area (Å²) in [6.07, 6.45) is 0. The number of carbonyl (C=O) groups excluding carboxylic acids is 1. The summed E-state index contributed by atoms with van der Waals surface area (Å²) in [6, 6.07) is 6.67. The Morgan fingerprint density at radius 1 is 1.35 bits per heavy atom. The lowest BCUT2D eigenvalue weighted by Crippen LogP contribution is -2.41. The van der Waals surface area contributed by atoms with Gasteiger partial charge >= 0.3 is 5.69 Å². The van der Waals surface area contributed by atoms with Gasteiger partial charge in [0.1, 0.15) is 6.54 Å². The number of amides is 1. The van der Waals surface area contributed by atoms with Crippen molar-refractivity contribution in [1.29, 1.82) is 0 Å². The average molecular weight is 277 g/mol. The van der Waals surface area contributed by atoms with E-state index in [9.17, 15) is 14.4 Å². The van der Waals surface area contributed by atoms with Crippen molar-refractivity contribution < 1.29 is 9.53 Å². The van der Waals surface area contributed by atoms with Crippen molar-refractivity contribution in [2.45, 2.75) is 6.54 Å². The quantitative estimate of drug-likeness (QED) is 0.717. The highest BCUT2D eigenvalue weighted by molar-refractivity contribution is 5.78. The minimum atomic E-state index is -0.601. The molecule has 1 aromatic carbocycles. The number of benzene rings is 1. The molecule has 1 amide bonds. The maximum Gasteiger partial charge on any atom is 0.329 e. The van der Waals surface area contributed by atoms with Crippen molar-refractivity contribution >= 4 is 16.8 Å². The molecular formula is C13H15N3O4. The van der Waals surface area contributed by atoms with E-state index < -0.39 is 17.2 Å². The van der Waals surface area contributed by atoms with Gasteiger partial charge in [-0.2, -0.15) is 0 Å². The average Bonchev–Trinajstić information content (AvgIpc) is 2.44. The first-order valence-corrected chi connectivity index (χ1v) is 6.11. The van der Waals surface area contributed by atoms with Crippen molar-refractivity contribution in [3.8, 4) is 0 Å². The predicted octanol–water partition coefficient (Wildman–Crippen LogP) is -0.548. The molecule has 0 saturated heterocycles. The molecule has 20 heavy (non-hydrogen) atoms. The van der Waals surface area contributed by atoms with Crippen LogP contribution in [0.15, 0.2) is 33.9 Å². The van der Waals surface area contributed by atoms with Gasteiger partial charge in [0, 0.05) is 13.7 Å². The van der Waals surface area contributed by atoms with Crippen LogP contribution in [-0.4, -0.2) is 35.7 Å². The van der Waals surface area contributed by atoms with Gasteiger partial charge in [-0.3, -0.25) is 14.2 Å². The van der Waals surface area contributed by atoms with Crippen molar-refractivity contribution in [1.82, 2.24) is 14.9 Å². The molecule has 7 nitrogen and oxygen atoms in total. The van der Waals surface area contributed by atoms with Crippen LogP contribution in [-0.2, 0) is 16.1 Å². The van der Waals surface area contributed by atoms with Crippen LogP contribution < -0.4 is 16.6 Å². The molecule has 0 fully saturated rings. The van der Waals surface area contributed by atoms with Crippen molar-refractivity contribution in [3.63, 3.8) is 0 Å². The number of carbonyl (C=O) groups is 1. The Hall–Kier alpha value is -2.41. The molecule has 1 aromatic heterocycles. The van der Waals surface area contributed by atoms with E-state index in [1.165, 1.54) is 7.11 Å². The molecule has 1 heterocycles. The van der Waals surface area contributed by atoms with Gasteiger partial charge in [-0.05, 0) is 12.1 Å². The highest BCUT2D eigenvalue weighted by Gasteiger charge is 2.10. The van der Waals surface area contributed by atoms with Gasteiger partial charge in [0.05, 0.1) is 17.5 Å². The van der Waals surface area contributed by atoms with Gasteiger partial charge in [-0.1, -0.05) is 12.1 Å². The molecule has 0 unspecified atom stereocenters. The fraction of sp³-hybridized carbons (Fsp3) is 0.308. The van der Waals surface area contributed by atoms with E-state index in [1.54, 1.807) is 24.3 Å². The maximum atomic E-state index is 12.2. The normalized spacial score (nSPS) is 10.7. The Bertz CT molecular complexity index is 732. The number of rotatable bonds is 5. The predicted molar refractivity (Wildman–Crippen MR) is 73.7 cm³/mol. The first-order chi connectivity index (χ1) is 9.63. The minimum Gasteiger partial charge on any atom is -0.383 e. The van der Waals surface area contributed by atoms with Gasteiger partial charge in [0.25, 0.3) is 5.56 Å². The molecule has 0 aliphatic heterocycles. The first kappa shape index (κ1) is 14.0. The third kappa shape index (κ3) is 2.94. The zero-order chi connectivity index (χ0) is 14.5. The van der Waals surface area contributed by atoms with Crippen LogP contribution >= 0.6 is 0 Å². The van der Waals surface area contributed by atoms with Gasteiger partial charge in [-0.15, -0.1) is 0 Å². The Morgan fingerprint density at radius 3 is 2.85 bits per heavy atom. The SMILES string of the molecule is COCCNC(=O)Cn1c(=O)[nH]c2ccccc2c1=O. The molecule has 0 atom stereocenters. The second kappa shape index (κ2) is 6.16. The summed E-state index contributed by atoms with van der Waals surface area (Å²) in [5.74, 6) is -0.412. The number of fused-ring (bicyclic) bond motifs is 1. The van der Waals surface area contributed by atoms with Crippen molar-refractivity contribution in [3.05, 3.63) is 45.1 Å². The van der Waals surface area contributed by atoms with Crippen LogP contribution in [0.25, 0.3) is 10.9 Å². The molecule has 0 saturated carbocycles. The van der Waals surface area contributed by atoms with E-state index in [4.69, 9.17) is 4.74 Å². The topological polar surface area (TPSA) is 93.2 Å². The number of nitrogens with one attached hydrogen (secondary N) is 2. The number of aromatic nitrogens is 2. The second-order valence-corrected chi connectivity index (χ2v) is 4.21. The van der Waals surface area contributed by atoms with Crippen LogP contribution in [0.2, 0.25) is 0 Å². The lowest BCUT2D eigenvalue weighted by Gasteiger charge is -2.07. The third-order valence-corrected chi connectivity index (χ3v) is 2.82. The number of aromatic amines is 1. The summed E-state index contributed by atoms with van der Waals surface area (Å²) < 4.78 is 5.68. The number of H-pyrrole nitrogens is 1. The summed E-state index contributed by atoms with van der Waals surface area (Å²) >= 11 is 0. The van der Waals surface area contributed by atoms with Crippen molar-refractivity contribution in [2.75, 3.05) is 20.3 Å². The molecule has 0 radical (unpaired) electrons. The van der Waals surface area contributed by atoms with Gasteiger partial charge in [0.2, 0.25) is 5.91 Å². The van der Waals surface area contributed by atoms with Gasteiger partial charge in [-0.25, -0.2) is 4.79 Å². The van der Waals surface area contributed by atoms with E-state index in [2.05, 4.69) is 10.3 Å². The minimum absolute atomic E-state index is 0.317. The van der Waals surface area contributed by atoms with Gasteiger partial charge in [0.15, 0.2) is 0 Å². The Labute approximate surface area is 114 Å². The summed E-state index contributed by atoms with van der Waals surface area (Å²) in [5.41, 5.74) is -0.625. The number of para-hydroxylation sites is 1. The lowest BCUT2D eigenvalue weighted by molar-refractivity contribution is -0.121. The van der Waals surface area contributed by atoms with E-state index >= 15 is 0 Å². The number of hydrogen-bond acceptors (Lipinski definition) is 4. The van der Waals surface area contributed by atoms with Crippen molar-refractivity contribution in [2.24, 2.45) is 0 Å².